The van der Waals surface area contributed by atoms with E-state index in [0.717, 1.165) is 12.2 Å². The molecule has 1 aromatic heterocycles. The van der Waals surface area contributed by atoms with Gasteiger partial charge in [-0.25, -0.2) is 4.98 Å². The van der Waals surface area contributed by atoms with Crippen LogP contribution in [0.5, 0.6) is 0 Å². The van der Waals surface area contributed by atoms with Crippen LogP contribution in [0.2, 0.25) is 0 Å². The third-order valence-corrected chi connectivity index (χ3v) is 3.00. The summed E-state index contributed by atoms with van der Waals surface area (Å²) in [6.45, 7) is 3.33. The third-order valence-electron chi connectivity index (χ3n) is 3.00. The highest BCUT2D eigenvalue weighted by Gasteiger charge is 2.11. The van der Waals surface area contributed by atoms with E-state index >= 15 is 0 Å². The first-order valence-electron chi connectivity index (χ1n) is 6.06. The van der Waals surface area contributed by atoms with Crippen LogP contribution < -0.4 is 16.2 Å². The van der Waals surface area contributed by atoms with Crippen LogP contribution in [-0.2, 0) is 0 Å². The van der Waals surface area contributed by atoms with Crippen molar-refractivity contribution >= 4 is 22.3 Å². The number of nitrogens with two attached hydrogens (primary N) is 1. The van der Waals surface area contributed by atoms with Crippen LogP contribution in [0.25, 0.3) is 10.9 Å². The summed E-state index contributed by atoms with van der Waals surface area (Å²) in [4.78, 5) is 20.3. The summed E-state index contributed by atoms with van der Waals surface area (Å²) in [5.41, 5.74) is 7.72. The second-order valence-electron chi connectivity index (χ2n) is 4.15. The number of anilines is 2. The molecule has 0 aliphatic carbocycles. The van der Waals surface area contributed by atoms with E-state index in [1.807, 2.05) is 11.8 Å². The lowest BCUT2D eigenvalue weighted by Crippen LogP contribution is -2.25. The molecule has 2 aromatic rings. The van der Waals surface area contributed by atoms with E-state index in [1.165, 1.54) is 6.33 Å². The minimum Gasteiger partial charge on any atom is -0.397 e. The monoisotopic (exact) mass is 257 g/mol. The Kier molecular flexibility index (Phi) is 3.66. The van der Waals surface area contributed by atoms with Crippen LogP contribution >= 0.6 is 0 Å². The number of nitriles is 1. The van der Waals surface area contributed by atoms with E-state index < -0.39 is 0 Å². The standard InChI is InChI=1S/C13H15N5O/c1-2-18(5-3-4-14)12-7-11-9(6-10(12)15)13(19)17-8-16-11/h6-8H,2-3,5,15H2,1H3,(H,16,17,19). The second kappa shape index (κ2) is 5.40. The van der Waals surface area contributed by atoms with Gasteiger partial charge in [0.05, 0.1) is 41.1 Å². The van der Waals surface area contributed by atoms with Crippen LogP contribution in [-0.4, -0.2) is 23.1 Å². The number of hydrogen-bond donors (Lipinski definition) is 2. The molecule has 0 saturated carbocycles. The van der Waals surface area contributed by atoms with Gasteiger partial charge in [-0.3, -0.25) is 4.79 Å². The van der Waals surface area contributed by atoms with Crippen LogP contribution in [0, 0.1) is 11.3 Å². The normalized spacial score (nSPS) is 10.3. The summed E-state index contributed by atoms with van der Waals surface area (Å²) in [6.07, 6.45) is 1.80. The van der Waals surface area contributed by atoms with E-state index in [0.29, 0.717) is 29.6 Å². The van der Waals surface area contributed by atoms with E-state index in [-0.39, 0.29) is 5.56 Å². The van der Waals surface area contributed by atoms with Crippen molar-refractivity contribution in [1.29, 1.82) is 5.26 Å². The third kappa shape index (κ3) is 2.50. The van der Waals surface area contributed by atoms with Gasteiger partial charge in [-0.2, -0.15) is 5.26 Å². The zero-order valence-corrected chi connectivity index (χ0v) is 10.7. The molecule has 98 valence electrons. The predicted octanol–water partition coefficient (Wildman–Crippen LogP) is 1.25. The molecular formula is C13H15N5O. The van der Waals surface area contributed by atoms with Crippen molar-refractivity contribution in [2.75, 3.05) is 23.7 Å². The van der Waals surface area contributed by atoms with Gasteiger partial charge in [-0.15, -0.1) is 0 Å². The average Bonchev–Trinajstić information content (AvgIpc) is 2.41. The number of H-pyrrole nitrogens is 1. The molecule has 1 heterocycles. The maximum absolute atomic E-state index is 11.6. The number of rotatable bonds is 4. The molecule has 0 fully saturated rings. The molecule has 2 rings (SSSR count). The van der Waals surface area contributed by atoms with Gasteiger partial charge < -0.3 is 15.6 Å². The van der Waals surface area contributed by atoms with Gasteiger partial charge in [0, 0.05) is 13.1 Å². The molecule has 0 bridgehead atoms. The van der Waals surface area contributed by atoms with E-state index in [4.69, 9.17) is 11.0 Å². The maximum Gasteiger partial charge on any atom is 0.258 e. The highest BCUT2D eigenvalue weighted by molar-refractivity contribution is 5.88. The summed E-state index contributed by atoms with van der Waals surface area (Å²) in [5, 5.41) is 9.14. The lowest BCUT2D eigenvalue weighted by molar-refractivity contribution is 0.829. The quantitative estimate of drug-likeness (QED) is 0.803. The molecule has 0 radical (unpaired) electrons. The maximum atomic E-state index is 11.6. The van der Waals surface area contributed by atoms with Gasteiger partial charge in [0.15, 0.2) is 0 Å². The molecule has 1 aromatic carbocycles. The summed E-state index contributed by atoms with van der Waals surface area (Å²) >= 11 is 0. The van der Waals surface area contributed by atoms with Crippen molar-refractivity contribution in [3.8, 4) is 6.07 Å². The zero-order chi connectivity index (χ0) is 13.8. The lowest BCUT2D eigenvalue weighted by atomic mass is 10.1. The SMILES string of the molecule is CCN(CCC#N)c1cc2nc[nH]c(=O)c2cc1N. The molecule has 0 saturated heterocycles. The van der Waals surface area contributed by atoms with Crippen LogP contribution in [0.1, 0.15) is 13.3 Å². The van der Waals surface area contributed by atoms with Gasteiger partial charge in [-0.1, -0.05) is 0 Å². The van der Waals surface area contributed by atoms with E-state index in [2.05, 4.69) is 16.0 Å². The molecule has 6 heteroatoms. The highest BCUT2D eigenvalue weighted by atomic mass is 16.1. The minimum absolute atomic E-state index is 0.205. The number of nitrogens with one attached hydrogen (secondary N) is 1. The summed E-state index contributed by atoms with van der Waals surface area (Å²) in [5.74, 6) is 0. The Morgan fingerprint density at radius 2 is 2.32 bits per heavy atom. The molecule has 0 amide bonds. The number of aromatic nitrogens is 2. The number of aromatic amines is 1. The molecule has 3 N–H and O–H groups in total. The van der Waals surface area contributed by atoms with Crippen molar-refractivity contribution in [2.45, 2.75) is 13.3 Å². The Morgan fingerprint density at radius 1 is 1.53 bits per heavy atom. The van der Waals surface area contributed by atoms with Gasteiger partial charge in [0.25, 0.3) is 5.56 Å². The topological polar surface area (TPSA) is 98.8 Å². The zero-order valence-electron chi connectivity index (χ0n) is 10.7. The number of fused-ring (bicyclic) bond motifs is 1. The van der Waals surface area contributed by atoms with E-state index in [9.17, 15) is 4.79 Å². The summed E-state index contributed by atoms with van der Waals surface area (Å²) < 4.78 is 0. The number of nitrogens with zero attached hydrogens (tertiary/aromatic N) is 3. The predicted molar refractivity (Wildman–Crippen MR) is 74.9 cm³/mol. The minimum atomic E-state index is -0.205. The molecule has 19 heavy (non-hydrogen) atoms. The fourth-order valence-corrected chi connectivity index (χ4v) is 2.03. The number of nitrogen functional groups attached to an aromatic ring is 1. The van der Waals surface area contributed by atoms with Crippen molar-refractivity contribution in [3.05, 3.63) is 28.8 Å². The Morgan fingerprint density at radius 3 is 3.00 bits per heavy atom. The van der Waals surface area contributed by atoms with Crippen LogP contribution in [0.4, 0.5) is 11.4 Å². The smallest absolute Gasteiger partial charge is 0.258 e. The average molecular weight is 257 g/mol. The van der Waals surface area contributed by atoms with E-state index in [1.54, 1.807) is 12.1 Å². The van der Waals surface area contributed by atoms with Gasteiger partial charge in [0.1, 0.15) is 0 Å². The highest BCUT2D eigenvalue weighted by Crippen LogP contribution is 2.26. The summed E-state index contributed by atoms with van der Waals surface area (Å²) in [6, 6.07) is 5.54. The van der Waals surface area contributed by atoms with Crippen molar-refractivity contribution < 1.29 is 0 Å². The number of hydrogen-bond acceptors (Lipinski definition) is 5. The molecule has 0 atom stereocenters. The molecular weight excluding hydrogens is 242 g/mol. The molecule has 0 aliphatic rings. The Hall–Kier alpha value is -2.55. The first kappa shape index (κ1) is 12.9. The Labute approximate surface area is 110 Å². The first-order valence-corrected chi connectivity index (χ1v) is 6.06. The molecule has 6 nitrogen and oxygen atoms in total. The fourth-order valence-electron chi connectivity index (χ4n) is 2.03. The molecule has 0 unspecified atom stereocenters. The van der Waals surface area contributed by atoms with Crippen LogP contribution in [0.15, 0.2) is 23.3 Å². The van der Waals surface area contributed by atoms with Gasteiger partial charge in [0.2, 0.25) is 0 Å². The Balaban J connectivity index is 2.52. The van der Waals surface area contributed by atoms with Crippen molar-refractivity contribution in [2.24, 2.45) is 0 Å². The Bertz CT molecular complexity index is 685. The number of benzene rings is 1. The van der Waals surface area contributed by atoms with Crippen molar-refractivity contribution in [1.82, 2.24) is 9.97 Å². The van der Waals surface area contributed by atoms with Gasteiger partial charge in [-0.05, 0) is 19.1 Å². The summed E-state index contributed by atoms with van der Waals surface area (Å²) in [7, 11) is 0. The van der Waals surface area contributed by atoms with Crippen molar-refractivity contribution in [3.63, 3.8) is 0 Å². The largest absolute Gasteiger partial charge is 0.397 e. The first-order chi connectivity index (χ1) is 9.17. The molecule has 0 spiro atoms. The fraction of sp³-hybridized carbons (Fsp3) is 0.308. The van der Waals surface area contributed by atoms with Gasteiger partial charge >= 0.3 is 0 Å². The van der Waals surface area contributed by atoms with Crippen LogP contribution in [0.3, 0.4) is 0 Å². The lowest BCUT2D eigenvalue weighted by Gasteiger charge is -2.23. The molecule has 0 aliphatic heterocycles. The second-order valence-corrected chi connectivity index (χ2v) is 4.15.